The summed E-state index contributed by atoms with van der Waals surface area (Å²) in [6.45, 7) is 3.84. The maximum Gasteiger partial charge on any atom is 0.230 e. The first-order valence-corrected chi connectivity index (χ1v) is 8.59. The Bertz CT molecular complexity index is 642. The molecular weight excluding hydrogens is 304 g/mol. The SMILES string of the molecule is COCCCN1CCC[C@@]2(CCN(c3cccc(C#N)n3)C2)C1=O. The van der Waals surface area contributed by atoms with Gasteiger partial charge in [-0.15, -0.1) is 0 Å². The number of hydrogen-bond donors (Lipinski definition) is 0. The van der Waals surface area contributed by atoms with Crippen LogP contribution in [0.1, 0.15) is 31.4 Å². The smallest absolute Gasteiger partial charge is 0.230 e. The third kappa shape index (κ3) is 3.22. The number of piperidine rings is 1. The number of pyridine rings is 1. The molecule has 0 radical (unpaired) electrons. The van der Waals surface area contributed by atoms with Crippen LogP contribution in [0.4, 0.5) is 5.82 Å². The number of carbonyl (C=O) groups is 1. The van der Waals surface area contributed by atoms with Crippen LogP contribution in [0, 0.1) is 16.7 Å². The minimum Gasteiger partial charge on any atom is -0.385 e. The van der Waals surface area contributed by atoms with Gasteiger partial charge in [0.05, 0.1) is 5.41 Å². The Morgan fingerprint density at radius 1 is 1.38 bits per heavy atom. The summed E-state index contributed by atoms with van der Waals surface area (Å²) < 4.78 is 5.10. The lowest BCUT2D eigenvalue weighted by molar-refractivity contribution is -0.145. The van der Waals surface area contributed by atoms with E-state index in [0.29, 0.717) is 18.8 Å². The maximum absolute atomic E-state index is 13.0. The van der Waals surface area contributed by atoms with Crippen molar-refractivity contribution in [3.8, 4) is 6.07 Å². The minimum absolute atomic E-state index is 0.281. The molecule has 1 aromatic rings. The molecule has 0 unspecified atom stereocenters. The standard InChI is InChI=1S/C18H24N4O2/c1-24-12-4-10-21-9-3-7-18(17(21)23)8-11-22(14-18)16-6-2-5-15(13-19)20-16/h2,5-6H,3-4,7-12,14H2,1H3/t18-/m0/s1. The molecule has 0 N–H and O–H groups in total. The Kier molecular flexibility index (Phi) is 5.00. The van der Waals surface area contributed by atoms with Crippen LogP contribution in [0.25, 0.3) is 0 Å². The van der Waals surface area contributed by atoms with E-state index in [9.17, 15) is 4.79 Å². The fourth-order valence-corrected chi connectivity index (χ4v) is 3.87. The van der Waals surface area contributed by atoms with Crippen molar-refractivity contribution in [2.24, 2.45) is 5.41 Å². The van der Waals surface area contributed by atoms with Crippen molar-refractivity contribution < 1.29 is 9.53 Å². The van der Waals surface area contributed by atoms with E-state index in [-0.39, 0.29) is 11.3 Å². The first-order valence-electron chi connectivity index (χ1n) is 8.59. The minimum atomic E-state index is -0.282. The molecule has 1 spiro atoms. The molecule has 2 aliphatic heterocycles. The van der Waals surface area contributed by atoms with Gasteiger partial charge in [-0.3, -0.25) is 4.79 Å². The largest absolute Gasteiger partial charge is 0.385 e. The molecule has 24 heavy (non-hydrogen) atoms. The van der Waals surface area contributed by atoms with Crippen molar-refractivity contribution in [1.29, 1.82) is 5.26 Å². The van der Waals surface area contributed by atoms with Crippen LogP contribution in [0.5, 0.6) is 0 Å². The Hall–Kier alpha value is -2.13. The molecule has 2 aliphatic rings. The van der Waals surface area contributed by atoms with Gasteiger partial charge in [0, 0.05) is 39.9 Å². The molecule has 1 atom stereocenters. The van der Waals surface area contributed by atoms with Crippen LogP contribution in [0.15, 0.2) is 18.2 Å². The molecule has 0 bridgehead atoms. The Morgan fingerprint density at radius 3 is 3.04 bits per heavy atom. The van der Waals surface area contributed by atoms with Crippen molar-refractivity contribution >= 4 is 11.7 Å². The number of rotatable bonds is 5. The summed E-state index contributed by atoms with van der Waals surface area (Å²) in [7, 11) is 1.69. The summed E-state index contributed by atoms with van der Waals surface area (Å²) in [6, 6.07) is 7.56. The van der Waals surface area contributed by atoms with Crippen molar-refractivity contribution in [3.05, 3.63) is 23.9 Å². The van der Waals surface area contributed by atoms with Crippen LogP contribution >= 0.6 is 0 Å². The second-order valence-corrected chi connectivity index (χ2v) is 6.69. The highest BCUT2D eigenvalue weighted by Crippen LogP contribution is 2.41. The molecule has 128 valence electrons. The molecule has 6 nitrogen and oxygen atoms in total. The Morgan fingerprint density at radius 2 is 2.25 bits per heavy atom. The fraction of sp³-hybridized carbons (Fsp3) is 0.611. The zero-order chi connectivity index (χ0) is 17.0. The first kappa shape index (κ1) is 16.7. The molecule has 3 heterocycles. The van der Waals surface area contributed by atoms with E-state index in [2.05, 4.69) is 16.0 Å². The van der Waals surface area contributed by atoms with Gasteiger partial charge in [0.15, 0.2) is 0 Å². The summed E-state index contributed by atoms with van der Waals surface area (Å²) >= 11 is 0. The number of nitrogens with zero attached hydrogens (tertiary/aromatic N) is 4. The summed E-state index contributed by atoms with van der Waals surface area (Å²) in [6.07, 6.45) is 3.75. The Balaban J connectivity index is 1.70. The van der Waals surface area contributed by atoms with Gasteiger partial charge in [0.25, 0.3) is 0 Å². The van der Waals surface area contributed by atoms with E-state index in [1.165, 1.54) is 0 Å². The molecule has 0 aliphatic carbocycles. The van der Waals surface area contributed by atoms with E-state index < -0.39 is 0 Å². The number of carbonyl (C=O) groups excluding carboxylic acids is 1. The molecule has 0 aromatic carbocycles. The Labute approximate surface area is 143 Å². The number of nitriles is 1. The molecule has 3 rings (SSSR count). The molecular formula is C18H24N4O2. The van der Waals surface area contributed by atoms with Crippen molar-refractivity contribution in [2.45, 2.75) is 25.7 Å². The lowest BCUT2D eigenvalue weighted by atomic mass is 9.78. The molecule has 2 saturated heterocycles. The van der Waals surface area contributed by atoms with Gasteiger partial charge >= 0.3 is 0 Å². The van der Waals surface area contributed by atoms with Gasteiger partial charge in [-0.1, -0.05) is 6.07 Å². The van der Waals surface area contributed by atoms with Crippen LogP contribution < -0.4 is 4.90 Å². The summed E-state index contributed by atoms with van der Waals surface area (Å²) in [5, 5.41) is 9.02. The molecule has 0 saturated carbocycles. The monoisotopic (exact) mass is 328 g/mol. The number of ether oxygens (including phenoxy) is 1. The van der Waals surface area contributed by atoms with Crippen LogP contribution in [-0.2, 0) is 9.53 Å². The van der Waals surface area contributed by atoms with Crippen molar-refractivity contribution in [2.75, 3.05) is 44.8 Å². The highest BCUT2D eigenvalue weighted by molar-refractivity contribution is 5.85. The number of hydrogen-bond acceptors (Lipinski definition) is 5. The number of aromatic nitrogens is 1. The topological polar surface area (TPSA) is 69.5 Å². The van der Waals surface area contributed by atoms with Crippen molar-refractivity contribution in [3.63, 3.8) is 0 Å². The average molecular weight is 328 g/mol. The lowest BCUT2D eigenvalue weighted by Crippen LogP contribution is -2.50. The predicted molar refractivity (Wildman–Crippen MR) is 90.5 cm³/mol. The third-order valence-electron chi connectivity index (χ3n) is 5.13. The van der Waals surface area contributed by atoms with E-state index in [4.69, 9.17) is 10.00 Å². The van der Waals surface area contributed by atoms with E-state index in [1.54, 1.807) is 13.2 Å². The van der Waals surface area contributed by atoms with E-state index in [0.717, 1.165) is 51.1 Å². The van der Waals surface area contributed by atoms with Gasteiger partial charge in [0.2, 0.25) is 5.91 Å². The average Bonchev–Trinajstić information content (AvgIpc) is 3.04. The summed E-state index contributed by atoms with van der Waals surface area (Å²) in [4.78, 5) is 21.6. The fourth-order valence-electron chi connectivity index (χ4n) is 3.87. The van der Waals surface area contributed by atoms with Gasteiger partial charge in [-0.2, -0.15) is 5.26 Å². The molecule has 1 amide bonds. The normalized spacial score (nSPS) is 23.8. The quantitative estimate of drug-likeness (QED) is 0.771. The highest BCUT2D eigenvalue weighted by atomic mass is 16.5. The van der Waals surface area contributed by atoms with Gasteiger partial charge in [-0.05, 0) is 37.8 Å². The van der Waals surface area contributed by atoms with E-state index in [1.807, 2.05) is 17.0 Å². The van der Waals surface area contributed by atoms with Gasteiger partial charge in [0.1, 0.15) is 17.6 Å². The second kappa shape index (κ2) is 7.18. The molecule has 1 aromatic heterocycles. The maximum atomic E-state index is 13.0. The van der Waals surface area contributed by atoms with Crippen LogP contribution in [0.3, 0.4) is 0 Å². The zero-order valence-corrected chi connectivity index (χ0v) is 14.2. The third-order valence-corrected chi connectivity index (χ3v) is 5.13. The summed E-state index contributed by atoms with van der Waals surface area (Å²) in [5.74, 6) is 1.08. The van der Waals surface area contributed by atoms with E-state index >= 15 is 0 Å². The first-order chi connectivity index (χ1) is 11.7. The summed E-state index contributed by atoms with van der Waals surface area (Å²) in [5.41, 5.74) is 0.139. The number of anilines is 1. The van der Waals surface area contributed by atoms with Crippen LogP contribution in [0.2, 0.25) is 0 Å². The van der Waals surface area contributed by atoms with Crippen molar-refractivity contribution in [1.82, 2.24) is 9.88 Å². The number of amides is 1. The molecule has 6 heteroatoms. The lowest BCUT2D eigenvalue weighted by Gasteiger charge is -2.39. The van der Waals surface area contributed by atoms with Gasteiger partial charge < -0.3 is 14.5 Å². The van der Waals surface area contributed by atoms with Crippen LogP contribution in [-0.4, -0.2) is 55.7 Å². The molecule has 2 fully saturated rings. The highest BCUT2D eigenvalue weighted by Gasteiger charge is 2.48. The zero-order valence-electron chi connectivity index (χ0n) is 14.2. The van der Waals surface area contributed by atoms with Gasteiger partial charge in [-0.25, -0.2) is 4.98 Å². The number of methoxy groups -OCH3 is 1. The predicted octanol–water partition coefficient (Wildman–Crippen LogP) is 1.81. The second-order valence-electron chi connectivity index (χ2n) is 6.69. The number of likely N-dealkylation sites (tertiary alicyclic amines) is 1.